The Balaban J connectivity index is 1.84. The lowest BCUT2D eigenvalue weighted by Gasteiger charge is -2.08. The molecule has 0 spiro atoms. The number of thioether (sulfide) groups is 1. The molecule has 0 unspecified atom stereocenters. The molecule has 0 aromatic heterocycles. The van der Waals surface area contributed by atoms with Gasteiger partial charge in [-0.05, 0) is 35.9 Å². The van der Waals surface area contributed by atoms with Gasteiger partial charge in [-0.1, -0.05) is 60.0 Å². The van der Waals surface area contributed by atoms with Crippen LogP contribution in [0, 0.1) is 0 Å². The molecule has 1 aliphatic heterocycles. The van der Waals surface area contributed by atoms with Gasteiger partial charge in [0.25, 0.3) is 5.91 Å². The molecule has 1 amide bonds. The molecule has 0 atom stereocenters. The zero-order valence-electron chi connectivity index (χ0n) is 12.2. The molecule has 1 aliphatic rings. The van der Waals surface area contributed by atoms with Gasteiger partial charge in [0.15, 0.2) is 0 Å². The van der Waals surface area contributed by atoms with Crippen LogP contribution in [0.25, 0.3) is 6.08 Å². The van der Waals surface area contributed by atoms with Crippen molar-refractivity contribution in [3.8, 4) is 5.75 Å². The molecule has 6 heteroatoms. The zero-order chi connectivity index (χ0) is 16.2. The summed E-state index contributed by atoms with van der Waals surface area (Å²) in [6.45, 7) is 0. The maximum Gasteiger partial charge on any atom is 0.263 e. The first-order valence-corrected chi connectivity index (χ1v) is 8.85. The van der Waals surface area contributed by atoms with Gasteiger partial charge in [-0.15, -0.1) is 0 Å². The second-order valence-electron chi connectivity index (χ2n) is 4.68. The lowest BCUT2D eigenvalue weighted by Crippen LogP contribution is -2.17. The lowest BCUT2D eigenvalue weighted by molar-refractivity contribution is -0.115. The molecule has 1 N–H and O–H groups in total. The largest absolute Gasteiger partial charge is 0.496 e. The van der Waals surface area contributed by atoms with E-state index in [1.165, 1.54) is 11.8 Å². The van der Waals surface area contributed by atoms with E-state index in [0.29, 0.717) is 9.23 Å². The smallest absolute Gasteiger partial charge is 0.263 e. The molecular formula is C17H13NO2S3. The van der Waals surface area contributed by atoms with Crippen LogP contribution in [0.3, 0.4) is 0 Å². The lowest BCUT2D eigenvalue weighted by atomic mass is 10.2. The van der Waals surface area contributed by atoms with Crippen molar-refractivity contribution in [2.75, 3.05) is 7.11 Å². The molecule has 1 saturated heterocycles. The van der Waals surface area contributed by atoms with E-state index in [0.717, 1.165) is 21.1 Å². The first-order valence-electron chi connectivity index (χ1n) is 6.81. The van der Waals surface area contributed by atoms with E-state index in [-0.39, 0.29) is 5.91 Å². The van der Waals surface area contributed by atoms with E-state index in [2.05, 4.69) is 5.32 Å². The summed E-state index contributed by atoms with van der Waals surface area (Å²) in [5, 5.41) is 2.62. The van der Waals surface area contributed by atoms with Crippen molar-refractivity contribution in [2.24, 2.45) is 0 Å². The minimum absolute atomic E-state index is 0.136. The van der Waals surface area contributed by atoms with Crippen LogP contribution >= 0.6 is 35.7 Å². The molecule has 23 heavy (non-hydrogen) atoms. The molecule has 2 aromatic carbocycles. The highest BCUT2D eigenvalue weighted by Crippen LogP contribution is 2.35. The van der Waals surface area contributed by atoms with Crippen molar-refractivity contribution >= 4 is 52.0 Å². The minimum atomic E-state index is -0.136. The number of rotatable bonds is 4. The highest BCUT2D eigenvalue weighted by atomic mass is 32.2. The minimum Gasteiger partial charge on any atom is -0.496 e. The fourth-order valence-corrected chi connectivity index (χ4v) is 4.11. The number of hydrogen-bond donors (Lipinski definition) is 1. The van der Waals surface area contributed by atoms with Crippen molar-refractivity contribution in [3.63, 3.8) is 0 Å². The first-order chi connectivity index (χ1) is 11.2. The second-order valence-corrected chi connectivity index (χ2v) is 7.51. The van der Waals surface area contributed by atoms with Gasteiger partial charge in [0, 0.05) is 4.90 Å². The van der Waals surface area contributed by atoms with Crippen LogP contribution in [-0.2, 0) is 4.79 Å². The van der Waals surface area contributed by atoms with Crippen LogP contribution in [0.5, 0.6) is 5.75 Å². The topological polar surface area (TPSA) is 38.3 Å². The summed E-state index contributed by atoms with van der Waals surface area (Å²) in [6.07, 6.45) is 1.85. The van der Waals surface area contributed by atoms with E-state index in [1.807, 2.05) is 54.6 Å². The van der Waals surface area contributed by atoms with Crippen molar-refractivity contribution in [1.29, 1.82) is 0 Å². The van der Waals surface area contributed by atoms with Crippen molar-refractivity contribution in [3.05, 3.63) is 59.0 Å². The number of methoxy groups -OCH3 is 1. The maximum atomic E-state index is 11.7. The number of thiocarbonyl (C=S) groups is 1. The standard InChI is InChI=1S/C17H13NO2S3/c1-20-13-7-2-3-8-14(13)22-12-6-4-5-11(9-12)10-15-16(19)18-17(21)23-15/h2-10H,1H3,(H,18,19,21). The molecule has 116 valence electrons. The Morgan fingerprint density at radius 3 is 2.78 bits per heavy atom. The SMILES string of the molecule is COc1ccccc1Sc1cccc(C=C2SC(=S)NC2=O)c1. The Morgan fingerprint density at radius 1 is 1.22 bits per heavy atom. The van der Waals surface area contributed by atoms with E-state index in [1.54, 1.807) is 18.9 Å². The summed E-state index contributed by atoms with van der Waals surface area (Å²) in [5.41, 5.74) is 0.965. The maximum absolute atomic E-state index is 11.7. The van der Waals surface area contributed by atoms with Crippen molar-refractivity contribution in [1.82, 2.24) is 5.32 Å². The summed E-state index contributed by atoms with van der Waals surface area (Å²) >= 11 is 7.92. The Kier molecular flexibility index (Phi) is 5.05. The third-order valence-corrected chi connectivity index (χ3v) is 5.30. The van der Waals surface area contributed by atoms with Crippen LogP contribution < -0.4 is 10.1 Å². The Hall–Kier alpha value is -1.76. The number of nitrogens with one attached hydrogen (secondary N) is 1. The number of benzene rings is 2. The number of hydrogen-bond acceptors (Lipinski definition) is 5. The zero-order valence-corrected chi connectivity index (χ0v) is 14.7. The first kappa shape index (κ1) is 16.1. The Bertz CT molecular complexity index is 802. The van der Waals surface area contributed by atoms with Crippen LogP contribution in [-0.4, -0.2) is 17.3 Å². The van der Waals surface area contributed by atoms with Gasteiger partial charge < -0.3 is 10.1 Å². The molecule has 0 saturated carbocycles. The average molecular weight is 359 g/mol. The number of amides is 1. The van der Waals surface area contributed by atoms with Crippen LogP contribution in [0.4, 0.5) is 0 Å². The third kappa shape index (κ3) is 3.96. The Morgan fingerprint density at radius 2 is 2.04 bits per heavy atom. The van der Waals surface area contributed by atoms with E-state index in [4.69, 9.17) is 17.0 Å². The van der Waals surface area contributed by atoms with Gasteiger partial charge in [0.1, 0.15) is 10.1 Å². The third-order valence-electron chi connectivity index (χ3n) is 3.09. The number of para-hydroxylation sites is 1. The highest BCUT2D eigenvalue weighted by Gasteiger charge is 2.21. The molecule has 3 nitrogen and oxygen atoms in total. The summed E-state index contributed by atoms with van der Waals surface area (Å²) in [7, 11) is 1.67. The van der Waals surface area contributed by atoms with E-state index < -0.39 is 0 Å². The summed E-state index contributed by atoms with van der Waals surface area (Å²) in [4.78, 5) is 14.5. The molecule has 1 fully saturated rings. The van der Waals surface area contributed by atoms with Gasteiger partial charge >= 0.3 is 0 Å². The quantitative estimate of drug-likeness (QED) is 0.649. The predicted molar refractivity (Wildman–Crippen MR) is 99.9 cm³/mol. The normalized spacial score (nSPS) is 15.8. The molecule has 1 heterocycles. The van der Waals surface area contributed by atoms with Crippen LogP contribution in [0.2, 0.25) is 0 Å². The Labute approximate surface area is 148 Å². The molecule has 0 aliphatic carbocycles. The van der Waals surface area contributed by atoms with Gasteiger partial charge in [-0.2, -0.15) is 0 Å². The summed E-state index contributed by atoms with van der Waals surface area (Å²) < 4.78 is 5.88. The van der Waals surface area contributed by atoms with Gasteiger partial charge in [-0.25, -0.2) is 0 Å². The second kappa shape index (κ2) is 7.21. The van der Waals surface area contributed by atoms with Gasteiger partial charge in [0.2, 0.25) is 0 Å². The monoisotopic (exact) mass is 359 g/mol. The average Bonchev–Trinajstić information content (AvgIpc) is 2.86. The highest BCUT2D eigenvalue weighted by molar-refractivity contribution is 8.26. The summed E-state index contributed by atoms with van der Waals surface area (Å²) in [6, 6.07) is 15.9. The van der Waals surface area contributed by atoms with Crippen LogP contribution in [0.15, 0.2) is 63.2 Å². The van der Waals surface area contributed by atoms with Crippen LogP contribution in [0.1, 0.15) is 5.56 Å². The van der Waals surface area contributed by atoms with E-state index >= 15 is 0 Å². The predicted octanol–water partition coefficient (Wildman–Crippen LogP) is 4.34. The van der Waals surface area contributed by atoms with E-state index in [9.17, 15) is 4.79 Å². The summed E-state index contributed by atoms with van der Waals surface area (Å²) in [5.74, 6) is 0.708. The molecule has 0 bridgehead atoms. The molecule has 3 rings (SSSR count). The fraction of sp³-hybridized carbons (Fsp3) is 0.0588. The number of ether oxygens (including phenoxy) is 1. The number of carbonyl (C=O) groups is 1. The van der Waals surface area contributed by atoms with Crippen molar-refractivity contribution in [2.45, 2.75) is 9.79 Å². The number of carbonyl (C=O) groups excluding carboxylic acids is 1. The van der Waals surface area contributed by atoms with Gasteiger partial charge in [-0.3, -0.25) is 4.79 Å². The molecular weight excluding hydrogens is 346 g/mol. The fourth-order valence-electron chi connectivity index (χ4n) is 2.07. The molecule has 0 radical (unpaired) electrons. The van der Waals surface area contributed by atoms with Crippen molar-refractivity contribution < 1.29 is 9.53 Å². The van der Waals surface area contributed by atoms with Gasteiger partial charge in [0.05, 0.1) is 16.9 Å². The molecule has 2 aromatic rings.